The second kappa shape index (κ2) is 9.34. The Labute approximate surface area is 173 Å². The van der Waals surface area contributed by atoms with E-state index in [1.54, 1.807) is 32.3 Å². The van der Waals surface area contributed by atoms with Gasteiger partial charge in [0.15, 0.2) is 0 Å². The van der Waals surface area contributed by atoms with Gasteiger partial charge in [-0.15, -0.1) is 10.2 Å². The topological polar surface area (TPSA) is 88.3 Å². The van der Waals surface area contributed by atoms with Crippen molar-refractivity contribution in [3.63, 3.8) is 0 Å². The molecule has 0 bridgehead atoms. The highest BCUT2D eigenvalue weighted by Crippen LogP contribution is 2.22. The summed E-state index contributed by atoms with van der Waals surface area (Å²) in [6, 6.07) is 14.3. The molecule has 1 aromatic heterocycles. The van der Waals surface area contributed by atoms with Crippen molar-refractivity contribution < 1.29 is 14.0 Å². The third-order valence-electron chi connectivity index (χ3n) is 4.17. The summed E-state index contributed by atoms with van der Waals surface area (Å²) in [5.74, 6) is 0.557. The molecule has 1 heterocycles. The second-order valence-electron chi connectivity index (χ2n) is 6.66. The van der Waals surface area contributed by atoms with Crippen LogP contribution in [0.5, 0.6) is 0 Å². The number of benzene rings is 2. The maximum Gasteiger partial charge on any atom is 0.254 e. The number of anilines is 1. The predicted octanol–water partition coefficient (Wildman–Crippen LogP) is 4.05. The number of nitrogens with zero attached hydrogens (tertiary/aromatic N) is 3. The zero-order valence-electron chi connectivity index (χ0n) is 16.2. The standard InChI is InChI=1S/C21H21ClN4O3/c1-26(2)21(28)16-13-15(11-12-17(16)22)23-18(27)9-6-10-19-24-25-20(29-19)14-7-4-3-5-8-14/h3-5,7-8,11-13H,6,9-10H2,1-2H3,(H,23,27). The van der Waals surface area contributed by atoms with E-state index in [9.17, 15) is 9.59 Å². The summed E-state index contributed by atoms with van der Waals surface area (Å²) in [7, 11) is 3.29. The van der Waals surface area contributed by atoms with Crippen molar-refractivity contribution in [1.29, 1.82) is 0 Å². The summed E-state index contributed by atoms with van der Waals surface area (Å²) in [6.45, 7) is 0. The molecule has 3 rings (SSSR count). The molecule has 29 heavy (non-hydrogen) atoms. The van der Waals surface area contributed by atoms with Crippen LogP contribution in [0.4, 0.5) is 5.69 Å². The van der Waals surface area contributed by atoms with E-state index in [1.807, 2.05) is 30.3 Å². The normalized spacial score (nSPS) is 10.6. The van der Waals surface area contributed by atoms with E-state index in [-0.39, 0.29) is 18.2 Å². The SMILES string of the molecule is CN(C)C(=O)c1cc(NC(=O)CCCc2nnc(-c3ccccc3)o2)ccc1Cl. The van der Waals surface area contributed by atoms with Crippen LogP contribution in [0.25, 0.3) is 11.5 Å². The number of nitrogens with one attached hydrogen (secondary N) is 1. The molecule has 2 amide bonds. The molecule has 0 aliphatic carbocycles. The highest BCUT2D eigenvalue weighted by molar-refractivity contribution is 6.34. The molecule has 0 fully saturated rings. The van der Waals surface area contributed by atoms with E-state index < -0.39 is 0 Å². The average molecular weight is 413 g/mol. The van der Waals surface area contributed by atoms with E-state index in [0.717, 1.165) is 5.56 Å². The van der Waals surface area contributed by atoms with Crippen molar-refractivity contribution in [2.24, 2.45) is 0 Å². The fourth-order valence-electron chi connectivity index (χ4n) is 2.68. The summed E-state index contributed by atoms with van der Waals surface area (Å²) in [6.07, 6.45) is 1.33. The van der Waals surface area contributed by atoms with Gasteiger partial charge in [0.2, 0.25) is 17.7 Å². The van der Waals surface area contributed by atoms with Crippen molar-refractivity contribution >= 4 is 29.1 Å². The number of carbonyl (C=O) groups excluding carboxylic acids is 2. The molecule has 150 valence electrons. The van der Waals surface area contributed by atoms with Crippen LogP contribution in [0, 0.1) is 0 Å². The largest absolute Gasteiger partial charge is 0.421 e. The van der Waals surface area contributed by atoms with Crippen molar-refractivity contribution in [2.45, 2.75) is 19.3 Å². The van der Waals surface area contributed by atoms with Gasteiger partial charge in [0.25, 0.3) is 5.91 Å². The third-order valence-corrected chi connectivity index (χ3v) is 4.50. The maximum absolute atomic E-state index is 12.2. The first kappa shape index (κ1) is 20.5. The van der Waals surface area contributed by atoms with Crippen LogP contribution >= 0.6 is 11.6 Å². The number of halogens is 1. The number of hydrogen-bond acceptors (Lipinski definition) is 5. The zero-order valence-corrected chi connectivity index (χ0v) is 16.9. The molecule has 0 radical (unpaired) electrons. The highest BCUT2D eigenvalue weighted by atomic mass is 35.5. The molecule has 0 aliphatic rings. The van der Waals surface area contributed by atoms with Crippen LogP contribution in [0.15, 0.2) is 52.9 Å². The third kappa shape index (κ3) is 5.42. The smallest absolute Gasteiger partial charge is 0.254 e. The van der Waals surface area contributed by atoms with Gasteiger partial charge < -0.3 is 14.6 Å². The fourth-order valence-corrected chi connectivity index (χ4v) is 2.88. The van der Waals surface area contributed by atoms with Crippen LogP contribution in [0.3, 0.4) is 0 Å². The Kier molecular flexibility index (Phi) is 6.61. The number of hydrogen-bond donors (Lipinski definition) is 1. The minimum absolute atomic E-state index is 0.168. The van der Waals surface area contributed by atoms with Crippen molar-refractivity contribution in [3.8, 4) is 11.5 Å². The minimum atomic E-state index is -0.225. The molecule has 8 heteroatoms. The molecule has 7 nitrogen and oxygen atoms in total. The van der Waals surface area contributed by atoms with Crippen molar-refractivity contribution in [2.75, 3.05) is 19.4 Å². The van der Waals surface area contributed by atoms with Gasteiger partial charge in [-0.2, -0.15) is 0 Å². The quantitative estimate of drug-likeness (QED) is 0.632. The molecule has 0 spiro atoms. The van der Waals surface area contributed by atoms with Crippen LogP contribution in [-0.4, -0.2) is 41.0 Å². The molecule has 0 atom stereocenters. The molecule has 0 saturated carbocycles. The fraction of sp³-hybridized carbons (Fsp3) is 0.238. The predicted molar refractivity (Wildman–Crippen MR) is 111 cm³/mol. The van der Waals surface area contributed by atoms with E-state index >= 15 is 0 Å². The van der Waals surface area contributed by atoms with Gasteiger partial charge in [0, 0.05) is 38.2 Å². The van der Waals surface area contributed by atoms with E-state index in [4.69, 9.17) is 16.0 Å². The lowest BCUT2D eigenvalue weighted by atomic mass is 10.1. The lowest BCUT2D eigenvalue weighted by molar-refractivity contribution is -0.116. The Balaban J connectivity index is 1.53. The number of amides is 2. The van der Waals surface area contributed by atoms with Crippen LogP contribution in [-0.2, 0) is 11.2 Å². The first-order valence-electron chi connectivity index (χ1n) is 9.13. The molecule has 3 aromatic rings. The summed E-state index contributed by atoms with van der Waals surface area (Å²) < 4.78 is 5.64. The lowest BCUT2D eigenvalue weighted by Gasteiger charge is -2.13. The van der Waals surface area contributed by atoms with Crippen LogP contribution in [0.1, 0.15) is 29.1 Å². The van der Waals surface area contributed by atoms with Crippen LogP contribution < -0.4 is 5.32 Å². The van der Waals surface area contributed by atoms with Gasteiger partial charge in [-0.3, -0.25) is 9.59 Å². The van der Waals surface area contributed by atoms with Gasteiger partial charge in [-0.05, 0) is 36.8 Å². The van der Waals surface area contributed by atoms with Gasteiger partial charge >= 0.3 is 0 Å². The average Bonchev–Trinajstić information content (AvgIpc) is 3.18. The Morgan fingerprint density at radius 2 is 1.86 bits per heavy atom. The molecule has 0 saturated heterocycles. The van der Waals surface area contributed by atoms with E-state index in [0.29, 0.717) is 40.9 Å². The number of aryl methyl sites for hydroxylation is 1. The Morgan fingerprint density at radius 1 is 1.10 bits per heavy atom. The Bertz CT molecular complexity index is 1000. The first-order chi connectivity index (χ1) is 13.9. The highest BCUT2D eigenvalue weighted by Gasteiger charge is 2.14. The summed E-state index contributed by atoms with van der Waals surface area (Å²) in [5.41, 5.74) is 1.72. The molecule has 0 aliphatic heterocycles. The zero-order chi connectivity index (χ0) is 20.8. The number of aromatic nitrogens is 2. The molecule has 0 unspecified atom stereocenters. The summed E-state index contributed by atoms with van der Waals surface area (Å²) >= 11 is 6.09. The number of rotatable bonds is 7. The van der Waals surface area contributed by atoms with Gasteiger partial charge in [-0.1, -0.05) is 29.8 Å². The Hall–Kier alpha value is -3.19. The Morgan fingerprint density at radius 3 is 2.59 bits per heavy atom. The number of carbonyl (C=O) groups is 2. The molecular weight excluding hydrogens is 392 g/mol. The van der Waals surface area contributed by atoms with Crippen molar-refractivity contribution in [3.05, 3.63) is 65.0 Å². The molecule has 1 N–H and O–H groups in total. The first-order valence-corrected chi connectivity index (χ1v) is 9.50. The summed E-state index contributed by atoms with van der Waals surface area (Å²) in [5, 5.41) is 11.2. The van der Waals surface area contributed by atoms with Crippen molar-refractivity contribution in [1.82, 2.24) is 15.1 Å². The van der Waals surface area contributed by atoms with E-state index in [2.05, 4.69) is 15.5 Å². The maximum atomic E-state index is 12.2. The molecular formula is C21H21ClN4O3. The van der Waals surface area contributed by atoms with Gasteiger partial charge in [0.1, 0.15) is 0 Å². The van der Waals surface area contributed by atoms with E-state index in [1.165, 1.54) is 4.90 Å². The molecule has 2 aromatic carbocycles. The monoisotopic (exact) mass is 412 g/mol. The lowest BCUT2D eigenvalue weighted by Crippen LogP contribution is -2.22. The summed E-state index contributed by atoms with van der Waals surface area (Å²) in [4.78, 5) is 25.8. The van der Waals surface area contributed by atoms with Crippen LogP contribution in [0.2, 0.25) is 5.02 Å². The minimum Gasteiger partial charge on any atom is -0.421 e. The van der Waals surface area contributed by atoms with Gasteiger partial charge in [-0.25, -0.2) is 0 Å². The van der Waals surface area contributed by atoms with Gasteiger partial charge in [0.05, 0.1) is 10.6 Å². The second-order valence-corrected chi connectivity index (χ2v) is 7.07.